The van der Waals surface area contributed by atoms with E-state index in [9.17, 15) is 0 Å². The molecule has 3 N–H and O–H groups in total. The van der Waals surface area contributed by atoms with Crippen molar-refractivity contribution in [3.05, 3.63) is 27.7 Å². The van der Waals surface area contributed by atoms with Gasteiger partial charge in [0.1, 0.15) is 5.75 Å². The highest BCUT2D eigenvalue weighted by atomic mass is 79.9. The van der Waals surface area contributed by atoms with Gasteiger partial charge < -0.3 is 14.2 Å². The normalized spacial score (nSPS) is 15.1. The van der Waals surface area contributed by atoms with E-state index in [4.69, 9.17) is 20.1 Å². The van der Waals surface area contributed by atoms with Crippen LogP contribution in [0.3, 0.4) is 0 Å². The molecule has 1 aliphatic rings. The molecule has 0 saturated heterocycles. The second kappa shape index (κ2) is 8.10. The van der Waals surface area contributed by atoms with Crippen molar-refractivity contribution in [3.8, 4) is 5.75 Å². The third-order valence-corrected chi connectivity index (χ3v) is 3.93. The number of ether oxygens (including phenoxy) is 3. The number of nitrogens with two attached hydrogens (primary N) is 1. The molecule has 0 saturated carbocycles. The molecule has 5 nitrogen and oxygen atoms in total. The minimum atomic E-state index is -0.374. The summed E-state index contributed by atoms with van der Waals surface area (Å²) in [6, 6.07) is 4.05. The number of nitrogens with one attached hydrogen (secondary N) is 1. The lowest BCUT2D eigenvalue weighted by atomic mass is 10.0. The van der Waals surface area contributed by atoms with E-state index in [0.29, 0.717) is 19.6 Å². The lowest BCUT2D eigenvalue weighted by Gasteiger charge is -2.26. The van der Waals surface area contributed by atoms with Crippen LogP contribution in [0.2, 0.25) is 0 Å². The summed E-state index contributed by atoms with van der Waals surface area (Å²) in [7, 11) is 0. The first-order valence-electron chi connectivity index (χ1n) is 7.33. The monoisotopic (exact) mass is 358 g/mol. The molecule has 0 aromatic heterocycles. The highest BCUT2D eigenvalue weighted by Gasteiger charge is 2.25. The molecule has 1 aliphatic heterocycles. The van der Waals surface area contributed by atoms with Gasteiger partial charge in [-0.2, -0.15) is 0 Å². The Morgan fingerprint density at radius 1 is 1.33 bits per heavy atom. The van der Waals surface area contributed by atoms with Gasteiger partial charge in [0.05, 0.1) is 12.6 Å². The molecule has 0 bridgehead atoms. The van der Waals surface area contributed by atoms with Crippen molar-refractivity contribution in [1.29, 1.82) is 0 Å². The number of halogens is 1. The minimum absolute atomic E-state index is 0.132. The maximum atomic E-state index is 5.76. The van der Waals surface area contributed by atoms with Gasteiger partial charge in [0.15, 0.2) is 6.29 Å². The average molecular weight is 359 g/mol. The lowest BCUT2D eigenvalue weighted by molar-refractivity contribution is -0.153. The van der Waals surface area contributed by atoms with Gasteiger partial charge in [-0.05, 0) is 43.5 Å². The highest BCUT2D eigenvalue weighted by Crippen LogP contribution is 2.34. The molecule has 118 valence electrons. The number of hydrogen-bond donors (Lipinski definition) is 2. The van der Waals surface area contributed by atoms with Gasteiger partial charge >= 0.3 is 0 Å². The molecule has 6 heteroatoms. The van der Waals surface area contributed by atoms with Crippen LogP contribution < -0.4 is 16.0 Å². The zero-order valence-corrected chi connectivity index (χ0v) is 14.1. The topological polar surface area (TPSA) is 65.7 Å². The zero-order chi connectivity index (χ0) is 15.2. The molecule has 1 unspecified atom stereocenters. The van der Waals surface area contributed by atoms with E-state index in [1.165, 1.54) is 5.56 Å². The average Bonchev–Trinajstić information content (AvgIpc) is 2.92. The van der Waals surface area contributed by atoms with Gasteiger partial charge in [0.2, 0.25) is 0 Å². The van der Waals surface area contributed by atoms with Crippen LogP contribution >= 0.6 is 15.9 Å². The van der Waals surface area contributed by atoms with Crippen LogP contribution in [0.15, 0.2) is 16.6 Å². The molecule has 0 fully saturated rings. The Morgan fingerprint density at radius 2 is 2.05 bits per heavy atom. The van der Waals surface area contributed by atoms with Gasteiger partial charge in [0.25, 0.3) is 0 Å². The molecule has 0 spiro atoms. The molecule has 1 aromatic carbocycles. The molecular formula is C15H23BrN2O3. The Bertz CT molecular complexity index is 464. The molecule has 1 atom stereocenters. The van der Waals surface area contributed by atoms with E-state index in [1.54, 1.807) is 0 Å². The summed E-state index contributed by atoms with van der Waals surface area (Å²) in [5.74, 6) is 6.68. The van der Waals surface area contributed by atoms with E-state index in [-0.39, 0.29) is 12.3 Å². The predicted molar refractivity (Wildman–Crippen MR) is 85.2 cm³/mol. The zero-order valence-electron chi connectivity index (χ0n) is 12.5. The van der Waals surface area contributed by atoms with E-state index >= 15 is 0 Å². The summed E-state index contributed by atoms with van der Waals surface area (Å²) >= 11 is 3.56. The quantitative estimate of drug-likeness (QED) is 0.423. The standard InChI is InChI=1S/C15H23BrN2O3/c1-3-19-15(20-4-2)13(18-17)9-11-8-12(16)7-10-5-6-21-14(10)11/h7-8,13,15,18H,3-6,9,17H2,1-2H3. The first-order valence-corrected chi connectivity index (χ1v) is 8.12. The van der Waals surface area contributed by atoms with Gasteiger partial charge in [-0.15, -0.1) is 0 Å². The molecule has 21 heavy (non-hydrogen) atoms. The Labute approximate surface area is 134 Å². The van der Waals surface area contributed by atoms with Crippen molar-refractivity contribution < 1.29 is 14.2 Å². The predicted octanol–water partition coefficient (Wildman–Crippen LogP) is 2.16. The SMILES string of the molecule is CCOC(OCC)C(Cc1cc(Br)cc2c1OCC2)NN. The lowest BCUT2D eigenvalue weighted by Crippen LogP contribution is -2.48. The number of rotatable bonds is 8. The molecule has 0 amide bonds. The summed E-state index contributed by atoms with van der Waals surface area (Å²) in [4.78, 5) is 0. The van der Waals surface area contributed by atoms with Crippen LogP contribution in [0.25, 0.3) is 0 Å². The van der Waals surface area contributed by atoms with Crippen LogP contribution in [0.5, 0.6) is 5.75 Å². The Balaban J connectivity index is 2.18. The van der Waals surface area contributed by atoms with E-state index in [0.717, 1.165) is 28.8 Å². The number of fused-ring (bicyclic) bond motifs is 1. The number of hydrogen-bond acceptors (Lipinski definition) is 5. The van der Waals surface area contributed by atoms with Crippen molar-refractivity contribution in [2.24, 2.45) is 5.84 Å². The van der Waals surface area contributed by atoms with Crippen molar-refractivity contribution in [3.63, 3.8) is 0 Å². The first kappa shape index (κ1) is 16.7. The summed E-state index contributed by atoms with van der Waals surface area (Å²) in [6.07, 6.45) is 1.26. The summed E-state index contributed by atoms with van der Waals surface area (Å²) < 4.78 is 18.1. The maximum absolute atomic E-state index is 5.76. The fraction of sp³-hybridized carbons (Fsp3) is 0.600. The molecule has 1 aromatic rings. The third kappa shape index (κ3) is 4.17. The molecule has 2 rings (SSSR count). The Hall–Kier alpha value is -0.660. The fourth-order valence-corrected chi connectivity index (χ4v) is 3.13. The second-order valence-corrected chi connectivity index (χ2v) is 5.82. The molecule has 0 aliphatic carbocycles. The maximum Gasteiger partial charge on any atom is 0.174 e. The highest BCUT2D eigenvalue weighted by molar-refractivity contribution is 9.10. The van der Waals surface area contributed by atoms with E-state index < -0.39 is 0 Å². The summed E-state index contributed by atoms with van der Waals surface area (Å²) in [6.45, 7) is 5.78. The Kier molecular flexibility index (Phi) is 6.44. The van der Waals surface area contributed by atoms with Gasteiger partial charge in [-0.1, -0.05) is 15.9 Å². The van der Waals surface area contributed by atoms with Gasteiger partial charge in [-0.25, -0.2) is 0 Å². The van der Waals surface area contributed by atoms with Gasteiger partial charge in [-0.3, -0.25) is 11.3 Å². The van der Waals surface area contributed by atoms with Crippen LogP contribution in [0, 0.1) is 0 Å². The van der Waals surface area contributed by atoms with Crippen molar-refractivity contribution in [1.82, 2.24) is 5.43 Å². The Morgan fingerprint density at radius 3 is 2.67 bits per heavy atom. The van der Waals surface area contributed by atoms with Crippen LogP contribution in [0.1, 0.15) is 25.0 Å². The number of hydrazine groups is 1. The first-order chi connectivity index (χ1) is 10.2. The summed E-state index contributed by atoms with van der Waals surface area (Å²) in [5, 5.41) is 0. The van der Waals surface area contributed by atoms with Crippen molar-refractivity contribution in [2.75, 3.05) is 19.8 Å². The largest absolute Gasteiger partial charge is 0.493 e. The fourth-order valence-electron chi connectivity index (χ4n) is 2.58. The van der Waals surface area contributed by atoms with Crippen LogP contribution in [-0.4, -0.2) is 32.2 Å². The van der Waals surface area contributed by atoms with E-state index in [2.05, 4.69) is 33.5 Å². The second-order valence-electron chi connectivity index (χ2n) is 4.91. The molecule has 1 heterocycles. The molecular weight excluding hydrogens is 336 g/mol. The van der Waals surface area contributed by atoms with Gasteiger partial charge in [0, 0.05) is 24.1 Å². The van der Waals surface area contributed by atoms with Crippen LogP contribution in [-0.2, 0) is 22.3 Å². The number of benzene rings is 1. The van der Waals surface area contributed by atoms with Crippen molar-refractivity contribution >= 4 is 15.9 Å². The third-order valence-electron chi connectivity index (χ3n) is 3.47. The summed E-state index contributed by atoms with van der Waals surface area (Å²) in [5.41, 5.74) is 5.16. The van der Waals surface area contributed by atoms with E-state index in [1.807, 2.05) is 13.8 Å². The van der Waals surface area contributed by atoms with Crippen molar-refractivity contribution in [2.45, 2.75) is 39.0 Å². The molecule has 0 radical (unpaired) electrons. The van der Waals surface area contributed by atoms with Crippen LogP contribution in [0.4, 0.5) is 0 Å². The smallest absolute Gasteiger partial charge is 0.174 e. The minimum Gasteiger partial charge on any atom is -0.493 e.